The second-order valence-electron chi connectivity index (χ2n) is 9.67. The largest absolute Gasteiger partial charge is 0.463 e. The number of rotatable bonds is 8. The zero-order chi connectivity index (χ0) is 30.3. The van der Waals surface area contributed by atoms with Crippen LogP contribution in [0.5, 0.6) is 0 Å². The minimum Gasteiger partial charge on any atom is -0.463 e. The van der Waals surface area contributed by atoms with Gasteiger partial charge in [-0.3, -0.25) is 24.0 Å². The minimum absolute atomic E-state index is 0.269. The van der Waals surface area contributed by atoms with Crippen molar-refractivity contribution >= 4 is 40.7 Å². The second-order valence-corrected chi connectivity index (χ2v) is 9.67. The average molecular weight is 571 g/mol. The molecule has 0 radical (unpaired) electrons. The molecular formula is C29H34N2O10. The molecule has 0 aliphatic carbocycles. The number of aromatic nitrogens is 2. The monoisotopic (exact) mass is 570 g/mol. The van der Waals surface area contributed by atoms with Crippen molar-refractivity contribution in [3.63, 3.8) is 0 Å². The summed E-state index contributed by atoms with van der Waals surface area (Å²) in [6, 6.07) is 3.82. The van der Waals surface area contributed by atoms with Crippen LogP contribution in [0.4, 0.5) is 0 Å². The van der Waals surface area contributed by atoms with Crippen LogP contribution in [0.2, 0.25) is 0 Å². The first kappa shape index (κ1) is 31.3. The van der Waals surface area contributed by atoms with Crippen LogP contribution in [0.25, 0.3) is 10.9 Å². The Morgan fingerprint density at radius 3 is 2.12 bits per heavy atom. The molecule has 1 fully saturated rings. The van der Waals surface area contributed by atoms with Gasteiger partial charge >= 0.3 is 23.9 Å². The Hall–Kier alpha value is -4.24. The fraction of sp³-hybridized carbons (Fsp3) is 0.517. The van der Waals surface area contributed by atoms with Gasteiger partial charge in [-0.05, 0) is 30.5 Å². The highest BCUT2D eigenvalue weighted by Crippen LogP contribution is 2.29. The van der Waals surface area contributed by atoms with Crippen LogP contribution in [-0.2, 0) is 49.3 Å². The molecule has 3 rings (SSSR count). The highest BCUT2D eigenvalue weighted by molar-refractivity contribution is 5.88. The molecule has 1 aliphatic rings. The summed E-state index contributed by atoms with van der Waals surface area (Å²) < 4.78 is 28.8. The zero-order valence-corrected chi connectivity index (χ0v) is 23.9. The highest BCUT2D eigenvalue weighted by atomic mass is 16.7. The number of hydrogen-bond acceptors (Lipinski definition) is 11. The zero-order valence-electron chi connectivity index (χ0n) is 23.9. The third-order valence-corrected chi connectivity index (χ3v) is 6.15. The van der Waals surface area contributed by atoms with E-state index in [-0.39, 0.29) is 12.5 Å². The maximum Gasteiger partial charge on any atom is 0.303 e. The molecule has 5 atom stereocenters. The molecule has 0 amide bonds. The van der Waals surface area contributed by atoms with Crippen molar-refractivity contribution < 1.29 is 47.7 Å². The first-order valence-electron chi connectivity index (χ1n) is 13.2. The predicted octanol–water partition coefficient (Wildman–Crippen LogP) is 2.52. The van der Waals surface area contributed by atoms with E-state index in [4.69, 9.17) is 23.7 Å². The van der Waals surface area contributed by atoms with Crippen LogP contribution in [0, 0.1) is 11.8 Å². The maximum atomic E-state index is 12.1. The number of carbonyl (C=O) groups excluding carboxylic acids is 5. The average Bonchev–Trinajstić information content (AvgIpc) is 3.32. The number of fused-ring (bicyclic) bond motifs is 1. The van der Waals surface area contributed by atoms with Crippen LogP contribution in [0.3, 0.4) is 0 Å². The lowest BCUT2D eigenvalue weighted by Crippen LogP contribution is -2.62. The second kappa shape index (κ2) is 13.9. The van der Waals surface area contributed by atoms with Crippen LogP contribution >= 0.6 is 0 Å². The van der Waals surface area contributed by atoms with Gasteiger partial charge in [-0.25, -0.2) is 4.68 Å². The van der Waals surface area contributed by atoms with Gasteiger partial charge in [0.25, 0.3) is 0 Å². The first-order valence-corrected chi connectivity index (χ1v) is 13.2. The molecular weight excluding hydrogens is 536 g/mol. The van der Waals surface area contributed by atoms with E-state index >= 15 is 0 Å². The van der Waals surface area contributed by atoms with Crippen molar-refractivity contribution in [2.24, 2.45) is 0 Å². The number of benzene rings is 1. The Morgan fingerprint density at radius 1 is 0.902 bits per heavy atom. The number of ether oxygens (including phenoxy) is 5. The van der Waals surface area contributed by atoms with Crippen molar-refractivity contribution in [2.45, 2.75) is 91.3 Å². The van der Waals surface area contributed by atoms with Crippen molar-refractivity contribution in [3.8, 4) is 11.8 Å². The summed E-state index contributed by atoms with van der Waals surface area (Å²) in [5.41, 5.74) is 1.98. The van der Waals surface area contributed by atoms with Crippen molar-refractivity contribution in [1.82, 2.24) is 9.78 Å². The van der Waals surface area contributed by atoms with Crippen LogP contribution in [0.15, 0.2) is 18.3 Å². The summed E-state index contributed by atoms with van der Waals surface area (Å²) >= 11 is 0. The Kier molecular flexibility index (Phi) is 10.6. The van der Waals surface area contributed by atoms with Gasteiger partial charge in [0.2, 0.25) is 5.91 Å². The summed E-state index contributed by atoms with van der Waals surface area (Å²) in [7, 11) is 0. The Balaban J connectivity index is 2.13. The van der Waals surface area contributed by atoms with Crippen molar-refractivity contribution in [2.75, 3.05) is 6.61 Å². The van der Waals surface area contributed by atoms with E-state index in [1.807, 2.05) is 12.1 Å². The molecule has 2 heterocycles. The van der Waals surface area contributed by atoms with E-state index in [1.54, 1.807) is 6.20 Å². The van der Waals surface area contributed by atoms with Gasteiger partial charge in [0.1, 0.15) is 18.2 Å². The summed E-state index contributed by atoms with van der Waals surface area (Å²) in [6.07, 6.45) is -1.84. The van der Waals surface area contributed by atoms with Crippen LogP contribution in [0.1, 0.15) is 70.3 Å². The smallest absolute Gasteiger partial charge is 0.303 e. The van der Waals surface area contributed by atoms with Crippen LogP contribution < -0.4 is 0 Å². The molecule has 0 bridgehead atoms. The van der Waals surface area contributed by atoms with E-state index in [0.717, 1.165) is 51.0 Å². The van der Waals surface area contributed by atoms with Crippen molar-refractivity contribution in [3.05, 3.63) is 29.5 Å². The lowest BCUT2D eigenvalue weighted by molar-refractivity contribution is -0.242. The molecule has 1 aliphatic heterocycles. The number of hydrogen-bond donors (Lipinski definition) is 0. The first-order chi connectivity index (χ1) is 19.4. The molecule has 1 saturated heterocycles. The summed E-state index contributed by atoms with van der Waals surface area (Å²) in [5, 5.41) is 5.10. The Bertz CT molecular complexity index is 1390. The third kappa shape index (κ3) is 8.38. The predicted molar refractivity (Wildman–Crippen MR) is 143 cm³/mol. The molecule has 12 nitrogen and oxygen atoms in total. The van der Waals surface area contributed by atoms with Gasteiger partial charge in [-0.1, -0.05) is 25.2 Å². The fourth-order valence-electron chi connectivity index (χ4n) is 4.47. The molecule has 2 aromatic rings. The van der Waals surface area contributed by atoms with Gasteiger partial charge < -0.3 is 23.7 Å². The minimum atomic E-state index is -1.32. The lowest BCUT2D eigenvalue weighted by atomic mass is 9.94. The fourth-order valence-corrected chi connectivity index (χ4v) is 4.47. The van der Waals surface area contributed by atoms with E-state index in [0.29, 0.717) is 11.1 Å². The van der Waals surface area contributed by atoms with Crippen LogP contribution in [-0.4, -0.2) is 76.7 Å². The quantitative estimate of drug-likeness (QED) is 0.262. The molecule has 0 unspecified atom stereocenters. The standard InChI is InChI=1S/C29H34N2O10/c1-7-8-9-21-12-22(26-23(13-21)14-31(30-26)16(2)32)10-11-24-27(38-18(4)34)29(40-20(6)36)28(39-19(5)35)25(41-24)15-37-17(3)33/h12-14,24-25,27-29H,7-9,15H2,1-6H3/t24-,25-,27-,28-,29-/m1/s1. The molecule has 1 aromatic carbocycles. The SMILES string of the molecule is CCCCc1cc(C#C[C@H]2O[C@H](COC(C)=O)[C@@H](OC(C)=O)[C@H](OC(C)=O)[C@@H]2OC(C)=O)c2nn(C(C)=O)cc2c1. The summed E-state index contributed by atoms with van der Waals surface area (Å²) in [6.45, 7) is 7.79. The Labute approximate surface area is 237 Å². The lowest BCUT2D eigenvalue weighted by Gasteiger charge is -2.42. The Morgan fingerprint density at radius 2 is 1.54 bits per heavy atom. The summed E-state index contributed by atoms with van der Waals surface area (Å²) in [4.78, 5) is 59.6. The molecule has 0 saturated carbocycles. The molecule has 220 valence electrons. The van der Waals surface area contributed by atoms with Gasteiger partial charge in [-0.15, -0.1) is 0 Å². The molecule has 41 heavy (non-hydrogen) atoms. The molecule has 0 spiro atoms. The van der Waals surface area contributed by atoms with Crippen molar-refractivity contribution in [1.29, 1.82) is 0 Å². The highest BCUT2D eigenvalue weighted by Gasteiger charge is 2.51. The van der Waals surface area contributed by atoms with E-state index in [9.17, 15) is 24.0 Å². The molecule has 12 heteroatoms. The number of esters is 4. The summed E-state index contributed by atoms with van der Waals surface area (Å²) in [5.74, 6) is 2.93. The maximum absolute atomic E-state index is 12.1. The van der Waals surface area contributed by atoms with Gasteiger partial charge in [-0.2, -0.15) is 5.10 Å². The number of nitrogens with zero attached hydrogens (tertiary/aromatic N) is 2. The number of unbranched alkanes of at least 4 members (excludes halogenated alkanes) is 1. The topological polar surface area (TPSA) is 149 Å². The number of aryl methyl sites for hydroxylation is 1. The van der Waals surface area contributed by atoms with Gasteiger partial charge in [0.05, 0.1) is 5.56 Å². The molecule has 1 aromatic heterocycles. The van der Waals surface area contributed by atoms with E-state index in [1.165, 1.54) is 18.5 Å². The van der Waals surface area contributed by atoms with Gasteiger partial charge in [0, 0.05) is 46.2 Å². The third-order valence-electron chi connectivity index (χ3n) is 6.15. The number of carbonyl (C=O) groups is 5. The normalized spacial score (nSPS) is 21.8. The van der Waals surface area contributed by atoms with Gasteiger partial charge in [0.15, 0.2) is 24.4 Å². The van der Waals surface area contributed by atoms with E-state index < -0.39 is 54.4 Å². The molecule has 0 N–H and O–H groups in total. The van der Waals surface area contributed by atoms with E-state index in [2.05, 4.69) is 23.9 Å².